The number of imide groups is 1. The van der Waals surface area contributed by atoms with E-state index >= 15 is 0 Å². The largest absolute Gasteiger partial charge is 0.324 e. The summed E-state index contributed by atoms with van der Waals surface area (Å²) < 4.78 is 0. The maximum absolute atomic E-state index is 13.1. The third-order valence-electron chi connectivity index (χ3n) is 7.07. The first-order valence-electron chi connectivity index (χ1n) is 9.93. The Balaban J connectivity index is 1.23. The van der Waals surface area contributed by atoms with Gasteiger partial charge < -0.3 is 4.90 Å². The number of hydrogen-bond donors (Lipinski definition) is 0. The first kappa shape index (κ1) is 16.7. The molecule has 140 valence electrons. The average Bonchev–Trinajstić information content (AvgIpc) is 3.34. The number of carbonyl (C=O) groups is 3. The summed E-state index contributed by atoms with van der Waals surface area (Å²) in [6, 6.07) is 9.83. The fourth-order valence-electron chi connectivity index (χ4n) is 5.47. The molecule has 0 radical (unpaired) electrons. The van der Waals surface area contributed by atoms with Crippen LogP contribution in [0, 0.1) is 23.2 Å². The molecule has 2 bridgehead atoms. The Labute approximate surface area is 159 Å². The van der Waals surface area contributed by atoms with Crippen LogP contribution in [0.15, 0.2) is 42.5 Å². The summed E-state index contributed by atoms with van der Waals surface area (Å²) in [5.41, 5.74) is 1.44. The fourth-order valence-corrected chi connectivity index (χ4v) is 5.47. The lowest BCUT2D eigenvalue weighted by Crippen LogP contribution is -2.57. The molecule has 5 rings (SSSR count). The monoisotopic (exact) mass is 364 g/mol. The highest BCUT2D eigenvalue weighted by Gasteiger charge is 2.64. The molecule has 4 aliphatic rings. The van der Waals surface area contributed by atoms with Crippen LogP contribution in [0.2, 0.25) is 0 Å². The predicted octanol–water partition coefficient (Wildman–Crippen LogP) is 2.03. The van der Waals surface area contributed by atoms with Gasteiger partial charge in [-0.25, -0.2) is 0 Å². The van der Waals surface area contributed by atoms with Crippen LogP contribution >= 0.6 is 0 Å². The van der Waals surface area contributed by atoms with Gasteiger partial charge in [-0.2, -0.15) is 0 Å². The van der Waals surface area contributed by atoms with Gasteiger partial charge in [0.25, 0.3) is 0 Å². The van der Waals surface area contributed by atoms with Gasteiger partial charge in [0.2, 0.25) is 17.7 Å². The van der Waals surface area contributed by atoms with Gasteiger partial charge in [0.1, 0.15) is 13.1 Å². The first-order valence-corrected chi connectivity index (χ1v) is 9.93. The summed E-state index contributed by atoms with van der Waals surface area (Å²) in [5, 5.41) is 0. The molecule has 27 heavy (non-hydrogen) atoms. The van der Waals surface area contributed by atoms with Crippen LogP contribution < -0.4 is 0 Å². The van der Waals surface area contributed by atoms with Crippen molar-refractivity contribution in [2.24, 2.45) is 23.2 Å². The highest BCUT2D eigenvalue weighted by molar-refractivity contribution is 6.03. The van der Waals surface area contributed by atoms with E-state index in [1.54, 1.807) is 0 Å². The molecule has 2 saturated carbocycles. The number of carbonyl (C=O) groups excluding carboxylic acids is 3. The van der Waals surface area contributed by atoms with Crippen molar-refractivity contribution in [1.82, 2.24) is 9.80 Å². The molecule has 3 unspecified atom stereocenters. The molecule has 3 atom stereocenters. The molecule has 3 fully saturated rings. The summed E-state index contributed by atoms with van der Waals surface area (Å²) in [4.78, 5) is 41.0. The first-order chi connectivity index (χ1) is 13.1. The van der Waals surface area contributed by atoms with E-state index in [9.17, 15) is 14.4 Å². The molecule has 5 nitrogen and oxygen atoms in total. The number of benzene rings is 1. The molecule has 3 aliphatic carbocycles. The minimum atomic E-state index is -0.254. The van der Waals surface area contributed by atoms with Gasteiger partial charge in [-0.05, 0) is 48.5 Å². The van der Waals surface area contributed by atoms with Gasteiger partial charge in [0.15, 0.2) is 0 Å². The molecule has 5 heteroatoms. The lowest BCUT2D eigenvalue weighted by molar-refractivity contribution is -0.158. The van der Waals surface area contributed by atoms with Crippen molar-refractivity contribution in [2.45, 2.75) is 25.7 Å². The molecule has 1 aromatic carbocycles. The number of piperazine rings is 1. The van der Waals surface area contributed by atoms with E-state index < -0.39 is 0 Å². The SMILES string of the molecule is O=C(C1CC2C=CC1C21CC1)N1CC(=O)N(CCc2ccccc2)C(=O)C1. The van der Waals surface area contributed by atoms with E-state index in [4.69, 9.17) is 0 Å². The van der Waals surface area contributed by atoms with Gasteiger partial charge >= 0.3 is 0 Å². The van der Waals surface area contributed by atoms with Gasteiger partial charge in [-0.1, -0.05) is 42.5 Å². The fraction of sp³-hybridized carbons (Fsp3) is 0.500. The lowest BCUT2D eigenvalue weighted by atomic mass is 9.88. The Morgan fingerprint density at radius 3 is 2.37 bits per heavy atom. The van der Waals surface area contributed by atoms with Crippen molar-refractivity contribution < 1.29 is 14.4 Å². The van der Waals surface area contributed by atoms with Crippen molar-refractivity contribution >= 4 is 17.7 Å². The summed E-state index contributed by atoms with van der Waals surface area (Å²) in [6.07, 6.45) is 8.44. The highest BCUT2D eigenvalue weighted by atomic mass is 16.2. The number of allylic oxidation sites excluding steroid dienone is 2. The molecule has 0 N–H and O–H groups in total. The van der Waals surface area contributed by atoms with Gasteiger partial charge in [-0.3, -0.25) is 19.3 Å². The number of nitrogens with zero attached hydrogens (tertiary/aromatic N) is 2. The predicted molar refractivity (Wildman–Crippen MR) is 99.3 cm³/mol. The number of rotatable bonds is 4. The minimum absolute atomic E-state index is 0.00235. The van der Waals surface area contributed by atoms with Crippen LogP contribution in [0.4, 0.5) is 0 Å². The smallest absolute Gasteiger partial charge is 0.248 e. The Hall–Kier alpha value is -2.43. The van der Waals surface area contributed by atoms with Gasteiger partial charge in [0, 0.05) is 12.5 Å². The molecule has 1 heterocycles. The van der Waals surface area contributed by atoms with Crippen LogP contribution in [-0.2, 0) is 20.8 Å². The molecule has 1 aromatic rings. The Bertz CT molecular complexity index is 809. The topological polar surface area (TPSA) is 57.7 Å². The van der Waals surface area contributed by atoms with E-state index in [-0.39, 0.29) is 36.7 Å². The Morgan fingerprint density at radius 1 is 1.04 bits per heavy atom. The number of hydrogen-bond acceptors (Lipinski definition) is 3. The second kappa shape index (κ2) is 6.04. The lowest BCUT2D eigenvalue weighted by Gasteiger charge is -2.35. The van der Waals surface area contributed by atoms with Crippen LogP contribution in [0.1, 0.15) is 24.8 Å². The van der Waals surface area contributed by atoms with Crippen LogP contribution in [0.5, 0.6) is 0 Å². The molecule has 1 saturated heterocycles. The number of amides is 3. The zero-order valence-corrected chi connectivity index (χ0v) is 15.3. The van der Waals surface area contributed by atoms with E-state index in [1.807, 2.05) is 30.3 Å². The maximum atomic E-state index is 13.1. The van der Waals surface area contributed by atoms with Crippen molar-refractivity contribution in [2.75, 3.05) is 19.6 Å². The molecule has 1 aliphatic heterocycles. The molecular weight excluding hydrogens is 340 g/mol. The summed E-state index contributed by atoms with van der Waals surface area (Å²) in [7, 11) is 0. The average molecular weight is 364 g/mol. The summed E-state index contributed by atoms with van der Waals surface area (Å²) >= 11 is 0. The molecule has 1 spiro atoms. The van der Waals surface area contributed by atoms with Gasteiger partial charge in [0.05, 0.1) is 0 Å². The van der Waals surface area contributed by atoms with Crippen LogP contribution in [-0.4, -0.2) is 47.2 Å². The summed E-state index contributed by atoms with van der Waals surface area (Å²) in [5.74, 6) is 0.290. The molecule has 0 aromatic heterocycles. The second-order valence-corrected chi connectivity index (χ2v) is 8.46. The van der Waals surface area contributed by atoms with Crippen molar-refractivity contribution in [3.63, 3.8) is 0 Å². The van der Waals surface area contributed by atoms with Crippen LogP contribution in [0.3, 0.4) is 0 Å². The standard InChI is InChI=1S/C22H24N2O3/c25-19-13-23(14-20(26)24(19)11-8-15-4-2-1-3-5-15)21(27)17-12-16-6-7-18(17)22(16)9-10-22/h1-7,16-18H,8-14H2. The van der Waals surface area contributed by atoms with E-state index in [0.29, 0.717) is 30.2 Å². The second-order valence-electron chi connectivity index (χ2n) is 8.46. The zero-order valence-electron chi connectivity index (χ0n) is 15.3. The highest BCUT2D eigenvalue weighted by Crippen LogP contribution is 2.70. The van der Waals surface area contributed by atoms with E-state index in [0.717, 1.165) is 12.0 Å². The van der Waals surface area contributed by atoms with Crippen molar-refractivity contribution in [1.29, 1.82) is 0 Å². The Kier molecular flexibility index (Phi) is 3.74. The third-order valence-corrected chi connectivity index (χ3v) is 7.07. The Morgan fingerprint density at radius 2 is 1.74 bits per heavy atom. The van der Waals surface area contributed by atoms with Crippen molar-refractivity contribution in [3.05, 3.63) is 48.0 Å². The third kappa shape index (κ3) is 2.63. The van der Waals surface area contributed by atoms with E-state index in [2.05, 4.69) is 12.2 Å². The normalized spacial score (nSPS) is 30.4. The van der Waals surface area contributed by atoms with Gasteiger partial charge in [-0.15, -0.1) is 0 Å². The van der Waals surface area contributed by atoms with E-state index in [1.165, 1.54) is 22.6 Å². The minimum Gasteiger partial charge on any atom is -0.324 e. The molecular formula is C22H24N2O3. The quantitative estimate of drug-likeness (QED) is 0.607. The summed E-state index contributed by atoms with van der Waals surface area (Å²) in [6.45, 7) is 0.442. The molecule has 3 amide bonds. The maximum Gasteiger partial charge on any atom is 0.248 e. The zero-order chi connectivity index (χ0) is 18.6. The van der Waals surface area contributed by atoms with Crippen LogP contribution in [0.25, 0.3) is 0 Å². The van der Waals surface area contributed by atoms with Crippen molar-refractivity contribution in [3.8, 4) is 0 Å².